The van der Waals surface area contributed by atoms with Crippen LogP contribution < -0.4 is 0 Å². The molecular weight excluding hydrogens is 348 g/mol. The van der Waals surface area contributed by atoms with E-state index in [-0.39, 0.29) is 29.2 Å². The van der Waals surface area contributed by atoms with Crippen LogP contribution in [0, 0.1) is 5.92 Å². The molecule has 0 unspecified atom stereocenters. The van der Waals surface area contributed by atoms with Crippen molar-refractivity contribution in [2.24, 2.45) is 5.92 Å². The number of amides is 1. The third-order valence-corrected chi connectivity index (χ3v) is 6.44. The van der Waals surface area contributed by atoms with E-state index in [2.05, 4.69) is 22.1 Å². The van der Waals surface area contributed by atoms with Crippen molar-refractivity contribution in [3.8, 4) is 0 Å². The highest BCUT2D eigenvalue weighted by atomic mass is 32.2. The summed E-state index contributed by atoms with van der Waals surface area (Å²) in [5.41, 5.74) is 0. The van der Waals surface area contributed by atoms with Crippen LogP contribution in [-0.4, -0.2) is 64.3 Å². The number of aryl methyl sites for hydroxylation is 1. The first-order chi connectivity index (χ1) is 11.3. The average molecular weight is 375 g/mol. The van der Waals surface area contributed by atoms with Crippen molar-refractivity contribution in [1.82, 2.24) is 20.1 Å². The summed E-state index contributed by atoms with van der Waals surface area (Å²) in [6, 6.07) is -0.201. The molecule has 1 aliphatic heterocycles. The van der Waals surface area contributed by atoms with Gasteiger partial charge in [0.25, 0.3) is 0 Å². The fraction of sp³-hybridized carbons (Fsp3) is 0.800. The maximum atomic E-state index is 12.6. The molecule has 1 amide bonds. The summed E-state index contributed by atoms with van der Waals surface area (Å²) < 4.78 is 23.5. The van der Waals surface area contributed by atoms with Crippen LogP contribution in [0.15, 0.2) is 5.16 Å². The third-order valence-electron chi connectivity index (χ3n) is 3.85. The van der Waals surface area contributed by atoms with E-state index in [1.807, 2.05) is 13.8 Å². The van der Waals surface area contributed by atoms with Crippen molar-refractivity contribution in [2.75, 3.05) is 23.8 Å². The van der Waals surface area contributed by atoms with Crippen molar-refractivity contribution in [3.05, 3.63) is 5.82 Å². The predicted molar refractivity (Wildman–Crippen MR) is 94.7 cm³/mol. The summed E-state index contributed by atoms with van der Waals surface area (Å²) in [6.45, 7) is 6.71. The molecular formula is C15H26N4O3S2. The Morgan fingerprint density at radius 3 is 2.79 bits per heavy atom. The molecule has 24 heavy (non-hydrogen) atoms. The first-order valence-corrected chi connectivity index (χ1v) is 11.2. The molecule has 2 rings (SSSR count). The van der Waals surface area contributed by atoms with Gasteiger partial charge in [-0.2, -0.15) is 0 Å². The first-order valence-electron chi connectivity index (χ1n) is 8.34. The number of nitrogens with zero attached hydrogens (tertiary/aromatic N) is 3. The number of hydrogen-bond donors (Lipinski definition) is 1. The second-order valence-electron chi connectivity index (χ2n) is 6.60. The molecule has 0 aromatic carbocycles. The first kappa shape index (κ1) is 19.2. The number of rotatable bonds is 8. The van der Waals surface area contributed by atoms with Gasteiger partial charge in [0.2, 0.25) is 11.1 Å². The molecule has 136 valence electrons. The quantitative estimate of drug-likeness (QED) is 0.693. The molecule has 0 bridgehead atoms. The van der Waals surface area contributed by atoms with Gasteiger partial charge in [0.05, 0.1) is 17.3 Å². The topological polar surface area (TPSA) is 96.0 Å². The number of aromatic nitrogens is 3. The fourth-order valence-electron chi connectivity index (χ4n) is 2.77. The van der Waals surface area contributed by atoms with E-state index in [1.165, 1.54) is 11.8 Å². The van der Waals surface area contributed by atoms with Crippen molar-refractivity contribution in [2.45, 2.75) is 51.2 Å². The molecule has 1 fully saturated rings. The molecule has 0 saturated carbocycles. The molecule has 1 aliphatic rings. The zero-order valence-corrected chi connectivity index (χ0v) is 16.1. The standard InChI is InChI=1S/C15H26N4O3S2/c1-4-5-13-16-15(18-17-13)23-9-14(20)19(8-11(2)3)12-6-7-24(21,22)10-12/h11-12H,4-10H2,1-3H3,(H,16,17,18)/t12-/m0/s1. The van der Waals surface area contributed by atoms with Crippen molar-refractivity contribution >= 4 is 27.5 Å². The molecule has 1 aromatic heterocycles. The third kappa shape index (κ3) is 5.47. The van der Waals surface area contributed by atoms with Gasteiger partial charge in [0, 0.05) is 19.0 Å². The van der Waals surface area contributed by atoms with E-state index in [0.29, 0.717) is 24.0 Å². The smallest absolute Gasteiger partial charge is 0.233 e. The van der Waals surface area contributed by atoms with Gasteiger partial charge >= 0.3 is 0 Å². The van der Waals surface area contributed by atoms with E-state index in [9.17, 15) is 13.2 Å². The van der Waals surface area contributed by atoms with Crippen LogP contribution in [0.2, 0.25) is 0 Å². The number of thioether (sulfide) groups is 1. The van der Waals surface area contributed by atoms with E-state index < -0.39 is 9.84 Å². The lowest BCUT2D eigenvalue weighted by molar-refractivity contribution is -0.130. The number of hydrogen-bond acceptors (Lipinski definition) is 6. The van der Waals surface area contributed by atoms with Gasteiger partial charge in [-0.25, -0.2) is 13.4 Å². The minimum Gasteiger partial charge on any atom is -0.338 e. The molecule has 1 atom stereocenters. The van der Waals surface area contributed by atoms with Crippen LogP contribution in [0.4, 0.5) is 0 Å². The summed E-state index contributed by atoms with van der Waals surface area (Å²) in [4.78, 5) is 18.7. The Balaban J connectivity index is 1.96. The zero-order valence-electron chi connectivity index (χ0n) is 14.5. The monoisotopic (exact) mass is 374 g/mol. The van der Waals surface area contributed by atoms with Crippen LogP contribution in [0.3, 0.4) is 0 Å². The van der Waals surface area contributed by atoms with E-state index >= 15 is 0 Å². The number of aromatic amines is 1. The van der Waals surface area contributed by atoms with Crippen LogP contribution in [0.25, 0.3) is 0 Å². The van der Waals surface area contributed by atoms with Crippen molar-refractivity contribution in [3.63, 3.8) is 0 Å². The molecule has 1 N–H and O–H groups in total. The second kappa shape index (κ2) is 8.33. The van der Waals surface area contributed by atoms with Crippen LogP contribution in [0.1, 0.15) is 39.4 Å². The maximum Gasteiger partial charge on any atom is 0.233 e. The largest absolute Gasteiger partial charge is 0.338 e. The number of sulfone groups is 1. The van der Waals surface area contributed by atoms with E-state index in [0.717, 1.165) is 18.7 Å². The number of carbonyl (C=O) groups excluding carboxylic acids is 1. The molecule has 1 saturated heterocycles. The van der Waals surface area contributed by atoms with E-state index in [4.69, 9.17) is 0 Å². The number of carbonyl (C=O) groups is 1. The predicted octanol–water partition coefficient (Wildman–Crippen LogP) is 1.52. The highest BCUT2D eigenvalue weighted by Crippen LogP contribution is 2.21. The van der Waals surface area contributed by atoms with Gasteiger partial charge in [-0.3, -0.25) is 9.89 Å². The number of nitrogens with one attached hydrogen (secondary N) is 1. The lowest BCUT2D eigenvalue weighted by atomic mass is 10.1. The lowest BCUT2D eigenvalue weighted by Gasteiger charge is -2.29. The van der Waals surface area contributed by atoms with Gasteiger partial charge in [0.1, 0.15) is 5.82 Å². The SMILES string of the molecule is CCCc1nc(SCC(=O)N(CC(C)C)[C@H]2CCS(=O)(=O)C2)n[nH]1. The lowest BCUT2D eigenvalue weighted by Crippen LogP contribution is -2.44. The molecule has 0 spiro atoms. The van der Waals surface area contributed by atoms with Crippen LogP contribution in [0.5, 0.6) is 0 Å². The van der Waals surface area contributed by atoms with E-state index in [1.54, 1.807) is 4.90 Å². The summed E-state index contributed by atoms with van der Waals surface area (Å²) in [7, 11) is -3.01. The minimum atomic E-state index is -3.01. The Kier molecular flexibility index (Phi) is 6.68. The summed E-state index contributed by atoms with van der Waals surface area (Å²) >= 11 is 1.30. The van der Waals surface area contributed by atoms with Crippen LogP contribution >= 0.6 is 11.8 Å². The Labute approximate surface area is 147 Å². The molecule has 2 heterocycles. The fourth-order valence-corrected chi connectivity index (χ4v) is 5.20. The Morgan fingerprint density at radius 1 is 1.46 bits per heavy atom. The molecule has 9 heteroatoms. The number of H-pyrrole nitrogens is 1. The van der Waals surface area contributed by atoms with Gasteiger partial charge < -0.3 is 4.90 Å². The molecule has 0 aliphatic carbocycles. The maximum absolute atomic E-state index is 12.6. The summed E-state index contributed by atoms with van der Waals surface area (Å²) in [5, 5.41) is 7.54. The average Bonchev–Trinajstić information content (AvgIpc) is 3.09. The van der Waals surface area contributed by atoms with Crippen LogP contribution in [-0.2, 0) is 21.1 Å². The Hall–Kier alpha value is -1.09. The Bertz CT molecular complexity index is 657. The zero-order chi connectivity index (χ0) is 17.7. The van der Waals surface area contributed by atoms with Crippen molar-refractivity contribution < 1.29 is 13.2 Å². The second-order valence-corrected chi connectivity index (χ2v) is 9.77. The molecule has 0 radical (unpaired) electrons. The summed E-state index contributed by atoms with van der Waals surface area (Å²) in [6.07, 6.45) is 2.35. The molecule has 7 nitrogen and oxygen atoms in total. The van der Waals surface area contributed by atoms with Gasteiger partial charge in [0.15, 0.2) is 9.84 Å². The Morgan fingerprint density at radius 2 is 2.21 bits per heavy atom. The highest BCUT2D eigenvalue weighted by molar-refractivity contribution is 7.99. The normalized spacial score (nSPS) is 19.8. The molecule has 1 aromatic rings. The van der Waals surface area contributed by atoms with Gasteiger partial charge in [-0.15, -0.1) is 5.10 Å². The summed E-state index contributed by atoms with van der Waals surface area (Å²) in [5.74, 6) is 1.56. The van der Waals surface area contributed by atoms with Gasteiger partial charge in [-0.1, -0.05) is 32.5 Å². The van der Waals surface area contributed by atoms with Gasteiger partial charge in [-0.05, 0) is 18.8 Å². The highest BCUT2D eigenvalue weighted by Gasteiger charge is 2.34. The minimum absolute atomic E-state index is 0.0439. The van der Waals surface area contributed by atoms with Crippen molar-refractivity contribution in [1.29, 1.82) is 0 Å².